The van der Waals surface area contributed by atoms with Crippen LogP contribution >= 0.6 is 0 Å². The van der Waals surface area contributed by atoms with E-state index in [0.29, 0.717) is 60.3 Å². The first kappa shape index (κ1) is 25.6. The van der Waals surface area contributed by atoms with E-state index in [-0.39, 0.29) is 10.8 Å². The Kier molecular flexibility index (Phi) is 6.98. The van der Waals surface area contributed by atoms with Gasteiger partial charge >= 0.3 is 0 Å². The lowest BCUT2D eigenvalue weighted by atomic mass is 9.88. The zero-order valence-corrected chi connectivity index (χ0v) is 21.5. The first-order valence-corrected chi connectivity index (χ1v) is 13.6. The van der Waals surface area contributed by atoms with Gasteiger partial charge in [0, 0.05) is 55.5 Å². The van der Waals surface area contributed by atoms with Crippen LogP contribution in [-0.4, -0.2) is 43.2 Å². The van der Waals surface area contributed by atoms with Crippen LogP contribution in [0.2, 0.25) is 0 Å². The van der Waals surface area contributed by atoms with Crippen LogP contribution in [0.5, 0.6) is 0 Å². The molecule has 196 valence electrons. The molecule has 38 heavy (non-hydrogen) atoms. The van der Waals surface area contributed by atoms with Crippen molar-refractivity contribution in [1.29, 1.82) is 0 Å². The van der Waals surface area contributed by atoms with Gasteiger partial charge in [0.25, 0.3) is 0 Å². The minimum Gasteiger partial charge on any atom is -0.381 e. The Morgan fingerprint density at radius 3 is 2.37 bits per heavy atom. The molecule has 1 amide bonds. The maximum Gasteiger partial charge on any atom is 0.250 e. The van der Waals surface area contributed by atoms with Crippen molar-refractivity contribution >= 4 is 27.3 Å². The number of nitrogens with zero attached hydrogens (tertiary/aromatic N) is 2. The van der Waals surface area contributed by atoms with Crippen LogP contribution in [0, 0.1) is 6.92 Å². The molecule has 0 unspecified atom stereocenters. The highest BCUT2D eigenvalue weighted by Gasteiger charge is 2.40. The topological polar surface area (TPSA) is 149 Å². The number of aromatic nitrogens is 2. The highest BCUT2D eigenvalue weighted by atomic mass is 32.2. The smallest absolute Gasteiger partial charge is 0.250 e. The number of benzene rings is 3. The van der Waals surface area contributed by atoms with Crippen molar-refractivity contribution in [2.45, 2.75) is 30.2 Å². The Bertz CT molecular complexity index is 1560. The van der Waals surface area contributed by atoms with Crippen LogP contribution in [-0.2, 0) is 19.6 Å². The lowest BCUT2D eigenvalue weighted by Crippen LogP contribution is -2.53. The molecule has 1 fully saturated rings. The van der Waals surface area contributed by atoms with E-state index in [4.69, 9.17) is 14.4 Å². The zero-order valence-electron chi connectivity index (χ0n) is 20.7. The average molecular weight is 534 g/mol. The molecule has 4 aromatic rings. The summed E-state index contributed by atoms with van der Waals surface area (Å²) in [5.41, 5.74) is 1.93. The Balaban J connectivity index is 1.44. The molecule has 1 aliphatic heterocycles. The molecule has 0 aliphatic carbocycles. The fraction of sp³-hybridized carbons (Fsp3) is 0.222. The normalized spacial score (nSPS) is 15.1. The molecule has 0 spiro atoms. The minimum absolute atomic E-state index is 0.0707. The van der Waals surface area contributed by atoms with E-state index in [9.17, 15) is 13.2 Å². The molecule has 3 aromatic carbocycles. The number of amides is 1. The third-order valence-corrected chi connectivity index (χ3v) is 7.39. The van der Waals surface area contributed by atoms with Gasteiger partial charge in [-0.3, -0.25) is 4.79 Å². The maximum absolute atomic E-state index is 13.7. The van der Waals surface area contributed by atoms with Crippen LogP contribution in [0.3, 0.4) is 0 Å². The molecular formula is C27H27N5O5S. The quantitative estimate of drug-likeness (QED) is 0.323. The number of ether oxygens (including phenoxy) is 1. The molecule has 0 radical (unpaired) electrons. The van der Waals surface area contributed by atoms with Gasteiger partial charge in [0.15, 0.2) is 0 Å². The SMILES string of the molecule is Cc1nc(-c2cccc(NC3(C(=O)Nc4ccc(-c5ccccc5)c(S(N)(=O)=O)c4)CCOCC3)c2)no1. The summed E-state index contributed by atoms with van der Waals surface area (Å²) in [5, 5.41) is 15.8. The van der Waals surface area contributed by atoms with Gasteiger partial charge in [0.1, 0.15) is 5.54 Å². The molecule has 1 aromatic heterocycles. The predicted molar refractivity (Wildman–Crippen MR) is 143 cm³/mol. The molecule has 11 heteroatoms. The van der Waals surface area contributed by atoms with Crippen LogP contribution < -0.4 is 15.8 Å². The second-order valence-corrected chi connectivity index (χ2v) is 10.6. The molecule has 2 heterocycles. The number of carbonyl (C=O) groups is 1. The summed E-state index contributed by atoms with van der Waals surface area (Å²) in [6, 6.07) is 21.2. The number of aryl methyl sites for hydroxylation is 1. The number of hydrogen-bond donors (Lipinski definition) is 3. The first-order chi connectivity index (χ1) is 18.2. The number of hydrogen-bond acceptors (Lipinski definition) is 8. The Hall–Kier alpha value is -4.06. The molecule has 0 saturated carbocycles. The molecule has 0 atom stereocenters. The lowest BCUT2D eigenvalue weighted by molar-refractivity contribution is -0.123. The third-order valence-electron chi connectivity index (χ3n) is 6.44. The first-order valence-electron chi connectivity index (χ1n) is 12.0. The van der Waals surface area contributed by atoms with E-state index in [1.165, 1.54) is 6.07 Å². The third kappa shape index (κ3) is 5.44. The van der Waals surface area contributed by atoms with E-state index in [0.717, 1.165) is 5.56 Å². The van der Waals surface area contributed by atoms with E-state index < -0.39 is 15.6 Å². The Morgan fingerprint density at radius 2 is 1.68 bits per heavy atom. The largest absolute Gasteiger partial charge is 0.381 e. The summed E-state index contributed by atoms with van der Waals surface area (Å²) in [5.74, 6) is 0.593. The maximum atomic E-state index is 13.7. The minimum atomic E-state index is -4.06. The average Bonchev–Trinajstić information content (AvgIpc) is 3.35. The predicted octanol–water partition coefficient (Wildman–Crippen LogP) is 3.96. The number of rotatable bonds is 7. The summed E-state index contributed by atoms with van der Waals surface area (Å²) in [6.45, 7) is 2.49. The number of primary sulfonamides is 1. The zero-order chi connectivity index (χ0) is 26.8. The summed E-state index contributed by atoms with van der Waals surface area (Å²) in [6.07, 6.45) is 0.822. The summed E-state index contributed by atoms with van der Waals surface area (Å²) in [4.78, 5) is 17.9. The second kappa shape index (κ2) is 10.4. The van der Waals surface area contributed by atoms with Gasteiger partial charge in [-0.1, -0.05) is 53.7 Å². The van der Waals surface area contributed by atoms with Crippen molar-refractivity contribution in [2.75, 3.05) is 23.8 Å². The summed E-state index contributed by atoms with van der Waals surface area (Å²) in [7, 11) is -4.06. The number of carbonyl (C=O) groups excluding carboxylic acids is 1. The lowest BCUT2D eigenvalue weighted by Gasteiger charge is -2.37. The fourth-order valence-corrected chi connectivity index (χ4v) is 5.28. The van der Waals surface area contributed by atoms with Crippen molar-refractivity contribution in [3.63, 3.8) is 0 Å². The van der Waals surface area contributed by atoms with Gasteiger partial charge in [-0.05, 0) is 29.8 Å². The Morgan fingerprint density at radius 1 is 0.947 bits per heavy atom. The highest BCUT2D eigenvalue weighted by Crippen LogP contribution is 2.32. The van der Waals surface area contributed by atoms with Crippen molar-refractivity contribution in [2.24, 2.45) is 5.14 Å². The van der Waals surface area contributed by atoms with Gasteiger partial charge in [-0.15, -0.1) is 0 Å². The fourth-order valence-electron chi connectivity index (χ4n) is 4.50. The Labute approximate surface area is 220 Å². The number of sulfonamides is 1. The van der Waals surface area contributed by atoms with E-state index in [1.54, 1.807) is 31.2 Å². The van der Waals surface area contributed by atoms with Crippen molar-refractivity contribution in [3.05, 3.63) is 78.7 Å². The molecule has 10 nitrogen and oxygen atoms in total. The molecule has 0 bridgehead atoms. The van der Waals surface area contributed by atoms with E-state index in [1.807, 2.05) is 42.5 Å². The molecular weight excluding hydrogens is 506 g/mol. The van der Waals surface area contributed by atoms with Gasteiger partial charge in [0.2, 0.25) is 27.6 Å². The van der Waals surface area contributed by atoms with Crippen molar-refractivity contribution in [3.8, 4) is 22.5 Å². The van der Waals surface area contributed by atoms with Gasteiger partial charge in [-0.2, -0.15) is 4.98 Å². The van der Waals surface area contributed by atoms with Crippen molar-refractivity contribution in [1.82, 2.24) is 10.1 Å². The standard InChI is InChI=1S/C27H27N5O5S/c1-18-29-25(32-37-18)20-8-5-9-22(16-20)31-27(12-14-36-15-13-27)26(33)30-21-10-11-23(19-6-3-2-4-7-19)24(17-21)38(28,34)35/h2-11,16-17,31H,12-15H2,1H3,(H,30,33)(H2,28,34,35). The van der Waals surface area contributed by atoms with E-state index in [2.05, 4.69) is 20.8 Å². The van der Waals surface area contributed by atoms with Gasteiger partial charge < -0.3 is 19.9 Å². The van der Waals surface area contributed by atoms with Crippen LogP contribution in [0.15, 0.2) is 82.2 Å². The highest BCUT2D eigenvalue weighted by molar-refractivity contribution is 7.89. The molecule has 1 saturated heterocycles. The van der Waals surface area contributed by atoms with E-state index >= 15 is 0 Å². The number of nitrogens with one attached hydrogen (secondary N) is 2. The monoisotopic (exact) mass is 533 g/mol. The van der Waals surface area contributed by atoms with Gasteiger partial charge in [0.05, 0.1) is 4.90 Å². The summed E-state index contributed by atoms with van der Waals surface area (Å²) < 4.78 is 35.5. The molecule has 4 N–H and O–H groups in total. The molecule has 1 aliphatic rings. The van der Waals surface area contributed by atoms with Crippen LogP contribution in [0.1, 0.15) is 18.7 Å². The number of nitrogens with two attached hydrogens (primary N) is 1. The van der Waals surface area contributed by atoms with Crippen molar-refractivity contribution < 1.29 is 22.5 Å². The summed E-state index contributed by atoms with van der Waals surface area (Å²) >= 11 is 0. The second-order valence-electron chi connectivity index (χ2n) is 9.11. The molecule has 5 rings (SSSR count). The van der Waals surface area contributed by atoms with Crippen LogP contribution in [0.4, 0.5) is 11.4 Å². The van der Waals surface area contributed by atoms with Gasteiger partial charge in [-0.25, -0.2) is 13.6 Å². The van der Waals surface area contributed by atoms with Crippen LogP contribution in [0.25, 0.3) is 22.5 Å². The number of anilines is 2.